The number of ether oxygens (including phenoxy) is 1. The summed E-state index contributed by atoms with van der Waals surface area (Å²) in [5.41, 5.74) is 6.71. The molecule has 0 spiro atoms. The van der Waals surface area contributed by atoms with Crippen molar-refractivity contribution in [2.45, 2.75) is 6.42 Å². The number of esters is 1. The molecule has 3 nitrogen and oxygen atoms in total. The lowest BCUT2D eigenvalue weighted by molar-refractivity contribution is -0.139. The van der Waals surface area contributed by atoms with Gasteiger partial charge < -0.3 is 10.5 Å². The first kappa shape index (κ1) is 12.9. The van der Waals surface area contributed by atoms with E-state index in [1.165, 1.54) is 7.11 Å². The second-order valence-corrected chi connectivity index (χ2v) is 3.81. The normalized spacial score (nSPS) is 10.7. The average Bonchev–Trinajstić information content (AvgIpc) is 2.29. The minimum atomic E-state index is -0.311. The molecule has 0 bridgehead atoms. The van der Waals surface area contributed by atoms with E-state index in [2.05, 4.69) is 4.74 Å². The SMILES string of the molecule is COC(=O)CC=Cc1ccc(N)c(Cl)c1Cl. The number of methoxy groups -OCH3 is 1. The van der Waals surface area contributed by atoms with Crippen LogP contribution in [0.1, 0.15) is 12.0 Å². The van der Waals surface area contributed by atoms with Gasteiger partial charge in [0.05, 0.1) is 29.3 Å². The Balaban J connectivity index is 2.82. The summed E-state index contributed by atoms with van der Waals surface area (Å²) in [6.07, 6.45) is 3.54. The van der Waals surface area contributed by atoms with E-state index < -0.39 is 0 Å². The Morgan fingerprint density at radius 3 is 2.75 bits per heavy atom. The summed E-state index contributed by atoms with van der Waals surface area (Å²) in [5.74, 6) is -0.311. The number of nitrogen functional groups attached to an aromatic ring is 1. The fourth-order valence-electron chi connectivity index (χ4n) is 1.07. The number of carbonyl (C=O) groups excluding carboxylic acids is 1. The van der Waals surface area contributed by atoms with Gasteiger partial charge in [0.15, 0.2) is 0 Å². The molecule has 0 radical (unpaired) electrons. The quantitative estimate of drug-likeness (QED) is 0.670. The Hall–Kier alpha value is -1.19. The van der Waals surface area contributed by atoms with Crippen molar-refractivity contribution in [2.75, 3.05) is 12.8 Å². The first-order valence-electron chi connectivity index (χ1n) is 4.53. The van der Waals surface area contributed by atoms with Crippen LogP contribution in [-0.2, 0) is 9.53 Å². The summed E-state index contributed by atoms with van der Waals surface area (Å²) in [4.78, 5) is 10.9. The zero-order chi connectivity index (χ0) is 12.1. The van der Waals surface area contributed by atoms with E-state index in [9.17, 15) is 4.79 Å². The highest BCUT2D eigenvalue weighted by atomic mass is 35.5. The predicted molar refractivity (Wildman–Crippen MR) is 66.5 cm³/mol. The van der Waals surface area contributed by atoms with Crippen LogP contribution in [0.2, 0.25) is 10.0 Å². The zero-order valence-electron chi connectivity index (χ0n) is 8.67. The third-order valence-corrected chi connectivity index (χ3v) is 2.86. The maximum atomic E-state index is 10.9. The van der Waals surface area contributed by atoms with Crippen molar-refractivity contribution < 1.29 is 9.53 Å². The summed E-state index contributed by atoms with van der Waals surface area (Å²) >= 11 is 11.8. The summed E-state index contributed by atoms with van der Waals surface area (Å²) in [7, 11) is 1.34. The second-order valence-electron chi connectivity index (χ2n) is 3.05. The van der Waals surface area contributed by atoms with Gasteiger partial charge in [-0.25, -0.2) is 0 Å². The number of carbonyl (C=O) groups is 1. The van der Waals surface area contributed by atoms with Crippen molar-refractivity contribution in [2.24, 2.45) is 0 Å². The van der Waals surface area contributed by atoms with Crippen molar-refractivity contribution in [1.82, 2.24) is 0 Å². The molecule has 1 rings (SSSR count). The van der Waals surface area contributed by atoms with Crippen LogP contribution in [0.3, 0.4) is 0 Å². The summed E-state index contributed by atoms with van der Waals surface area (Å²) in [6.45, 7) is 0. The first-order valence-corrected chi connectivity index (χ1v) is 5.28. The highest BCUT2D eigenvalue weighted by molar-refractivity contribution is 6.44. The largest absolute Gasteiger partial charge is 0.469 e. The lowest BCUT2D eigenvalue weighted by Gasteiger charge is -2.03. The Bertz CT molecular complexity index is 430. The molecule has 0 saturated heterocycles. The fraction of sp³-hybridized carbons (Fsp3) is 0.182. The minimum Gasteiger partial charge on any atom is -0.469 e. The maximum Gasteiger partial charge on any atom is 0.309 e. The molecule has 1 aromatic rings. The van der Waals surface area contributed by atoms with Gasteiger partial charge in [-0.05, 0) is 11.6 Å². The third-order valence-electron chi connectivity index (χ3n) is 1.95. The fourth-order valence-corrected chi connectivity index (χ4v) is 1.48. The van der Waals surface area contributed by atoms with Gasteiger partial charge in [-0.1, -0.05) is 41.4 Å². The van der Waals surface area contributed by atoms with Crippen molar-refractivity contribution in [3.8, 4) is 0 Å². The number of halogens is 2. The summed E-state index contributed by atoms with van der Waals surface area (Å²) in [6, 6.07) is 3.39. The Labute approximate surface area is 104 Å². The number of benzene rings is 1. The van der Waals surface area contributed by atoms with Gasteiger partial charge in [0.25, 0.3) is 0 Å². The molecule has 0 aromatic heterocycles. The maximum absolute atomic E-state index is 10.9. The molecule has 0 aliphatic rings. The zero-order valence-corrected chi connectivity index (χ0v) is 10.2. The topological polar surface area (TPSA) is 52.3 Å². The monoisotopic (exact) mass is 259 g/mol. The lowest BCUT2D eigenvalue weighted by Crippen LogP contribution is -1.96. The van der Waals surface area contributed by atoms with Crippen LogP contribution >= 0.6 is 23.2 Å². The predicted octanol–water partition coefficient (Wildman–Crippen LogP) is 3.15. The molecule has 0 heterocycles. The highest BCUT2D eigenvalue weighted by Crippen LogP contribution is 2.31. The molecule has 0 amide bonds. The molecule has 0 aliphatic carbocycles. The molecular formula is C11H11Cl2NO2. The molecule has 0 fully saturated rings. The minimum absolute atomic E-state index is 0.189. The van der Waals surface area contributed by atoms with Gasteiger partial charge in [0.2, 0.25) is 0 Å². The van der Waals surface area contributed by atoms with Crippen LogP contribution in [0.5, 0.6) is 0 Å². The molecule has 1 aromatic carbocycles. The van der Waals surface area contributed by atoms with Gasteiger partial charge >= 0.3 is 5.97 Å². The molecule has 86 valence electrons. The molecular weight excluding hydrogens is 249 g/mol. The molecule has 2 N–H and O–H groups in total. The van der Waals surface area contributed by atoms with Crippen molar-refractivity contribution in [1.29, 1.82) is 0 Å². The van der Waals surface area contributed by atoms with Crippen LogP contribution in [0.4, 0.5) is 5.69 Å². The van der Waals surface area contributed by atoms with Crippen LogP contribution in [0.15, 0.2) is 18.2 Å². The van der Waals surface area contributed by atoms with E-state index in [0.29, 0.717) is 21.3 Å². The molecule has 5 heteroatoms. The number of hydrogen-bond acceptors (Lipinski definition) is 3. The van der Waals surface area contributed by atoms with Crippen LogP contribution in [0, 0.1) is 0 Å². The Morgan fingerprint density at radius 1 is 1.44 bits per heavy atom. The van der Waals surface area contributed by atoms with E-state index in [1.54, 1.807) is 24.3 Å². The van der Waals surface area contributed by atoms with Crippen molar-refractivity contribution in [3.63, 3.8) is 0 Å². The Morgan fingerprint density at radius 2 is 2.12 bits per heavy atom. The van der Waals surface area contributed by atoms with E-state index in [4.69, 9.17) is 28.9 Å². The van der Waals surface area contributed by atoms with Crippen molar-refractivity contribution in [3.05, 3.63) is 33.8 Å². The first-order chi connectivity index (χ1) is 7.56. The molecule has 0 atom stereocenters. The second kappa shape index (κ2) is 5.77. The molecule has 0 unspecified atom stereocenters. The van der Waals surface area contributed by atoms with E-state index in [-0.39, 0.29) is 12.4 Å². The number of anilines is 1. The van der Waals surface area contributed by atoms with Crippen LogP contribution in [-0.4, -0.2) is 13.1 Å². The van der Waals surface area contributed by atoms with Crippen LogP contribution < -0.4 is 5.73 Å². The average molecular weight is 260 g/mol. The standard InChI is InChI=1S/C11H11Cl2NO2/c1-16-9(15)4-2-3-7-5-6-8(14)11(13)10(7)12/h2-3,5-6H,4,14H2,1H3. The van der Waals surface area contributed by atoms with Gasteiger partial charge in [-0.15, -0.1) is 0 Å². The van der Waals surface area contributed by atoms with Gasteiger partial charge in [0.1, 0.15) is 0 Å². The summed E-state index contributed by atoms with van der Waals surface area (Å²) in [5, 5.41) is 0.699. The van der Waals surface area contributed by atoms with E-state index >= 15 is 0 Å². The van der Waals surface area contributed by atoms with Gasteiger partial charge in [-0.2, -0.15) is 0 Å². The molecule has 0 aliphatic heterocycles. The van der Waals surface area contributed by atoms with Crippen LogP contribution in [0.25, 0.3) is 6.08 Å². The highest BCUT2D eigenvalue weighted by Gasteiger charge is 2.05. The summed E-state index contributed by atoms with van der Waals surface area (Å²) < 4.78 is 4.49. The van der Waals surface area contributed by atoms with Crippen molar-refractivity contribution >= 4 is 40.9 Å². The molecule has 0 saturated carbocycles. The third kappa shape index (κ3) is 3.15. The van der Waals surface area contributed by atoms with E-state index in [1.807, 2.05) is 0 Å². The Kier molecular flexibility index (Phi) is 4.65. The molecule has 16 heavy (non-hydrogen) atoms. The number of hydrogen-bond donors (Lipinski definition) is 1. The number of nitrogens with two attached hydrogens (primary N) is 1. The lowest BCUT2D eigenvalue weighted by atomic mass is 10.2. The van der Waals surface area contributed by atoms with Gasteiger partial charge in [-0.3, -0.25) is 4.79 Å². The number of rotatable bonds is 3. The smallest absolute Gasteiger partial charge is 0.309 e. The van der Waals surface area contributed by atoms with E-state index in [0.717, 1.165) is 0 Å². The van der Waals surface area contributed by atoms with Gasteiger partial charge in [0, 0.05) is 0 Å².